The lowest BCUT2D eigenvalue weighted by atomic mass is 9.43. The molecule has 26 heavy (non-hydrogen) atoms. The minimum Gasteiger partial charge on any atom is -0.464 e. The van der Waals surface area contributed by atoms with Crippen molar-refractivity contribution in [3.05, 3.63) is 35.6 Å². The number of benzene rings is 1. The highest BCUT2D eigenvalue weighted by Gasteiger charge is 2.68. The Bertz CT molecular complexity index is 862. The van der Waals surface area contributed by atoms with Crippen LogP contribution in [0.2, 0.25) is 0 Å². The lowest BCUT2D eigenvalue weighted by molar-refractivity contribution is -0.397. The van der Waals surface area contributed by atoms with E-state index in [2.05, 4.69) is 39.5 Å². The van der Waals surface area contributed by atoms with E-state index in [4.69, 9.17) is 13.7 Å². The van der Waals surface area contributed by atoms with Crippen LogP contribution in [0.4, 0.5) is 0 Å². The predicted octanol–water partition coefficient (Wildman–Crippen LogP) is 3.16. The van der Waals surface area contributed by atoms with E-state index in [1.165, 1.54) is 22.9 Å². The van der Waals surface area contributed by atoms with Crippen LogP contribution in [0.15, 0.2) is 28.9 Å². The molecule has 4 nitrogen and oxygen atoms in total. The fourth-order valence-corrected chi connectivity index (χ4v) is 5.97. The summed E-state index contributed by atoms with van der Waals surface area (Å²) in [4.78, 5) is 0. The van der Waals surface area contributed by atoms with Crippen molar-refractivity contribution in [3.63, 3.8) is 0 Å². The van der Waals surface area contributed by atoms with Gasteiger partial charge in [0, 0.05) is 17.4 Å². The van der Waals surface area contributed by atoms with Crippen molar-refractivity contribution in [3.8, 4) is 0 Å². The van der Waals surface area contributed by atoms with Gasteiger partial charge in [-0.2, -0.15) is 0 Å². The fourth-order valence-electron chi connectivity index (χ4n) is 5.97. The third-order valence-corrected chi connectivity index (χ3v) is 7.72. The van der Waals surface area contributed by atoms with E-state index in [-0.39, 0.29) is 24.8 Å². The molecule has 3 saturated carbocycles. The molecule has 1 aromatic carbocycles. The SMILES string of the molecule is Cc1cccc2occ(C[C@H]([NH3+])B3O[C@@H]4C[C@@H]5CC(C5(C)C)[C@]4(C)O3)c12. The van der Waals surface area contributed by atoms with Crippen molar-refractivity contribution in [1.82, 2.24) is 0 Å². The van der Waals surface area contributed by atoms with Crippen LogP contribution in [0.5, 0.6) is 0 Å². The van der Waals surface area contributed by atoms with Gasteiger partial charge in [-0.3, -0.25) is 0 Å². The Morgan fingerprint density at radius 1 is 1.27 bits per heavy atom. The molecule has 1 aromatic heterocycles. The van der Waals surface area contributed by atoms with Crippen molar-refractivity contribution >= 4 is 18.1 Å². The molecule has 3 N–H and O–H groups in total. The van der Waals surface area contributed by atoms with Crippen molar-refractivity contribution < 1.29 is 19.5 Å². The van der Waals surface area contributed by atoms with Crippen molar-refractivity contribution in [1.29, 1.82) is 0 Å². The summed E-state index contributed by atoms with van der Waals surface area (Å²) in [5.74, 6) is 1.42. The second-order valence-corrected chi connectivity index (χ2v) is 9.51. The summed E-state index contributed by atoms with van der Waals surface area (Å²) in [6, 6.07) is 6.19. The summed E-state index contributed by atoms with van der Waals surface area (Å²) in [6.45, 7) is 9.19. The van der Waals surface area contributed by atoms with Crippen LogP contribution in [0, 0.1) is 24.2 Å². The van der Waals surface area contributed by atoms with E-state index >= 15 is 0 Å². The third-order valence-electron chi connectivity index (χ3n) is 7.72. The van der Waals surface area contributed by atoms with Gasteiger partial charge in [-0.05, 0) is 55.6 Å². The zero-order valence-electron chi connectivity index (χ0n) is 16.2. The van der Waals surface area contributed by atoms with Crippen molar-refractivity contribution in [2.24, 2.45) is 17.3 Å². The summed E-state index contributed by atoms with van der Waals surface area (Å²) in [5, 5.41) is 1.21. The number of fused-ring (bicyclic) bond motifs is 1. The highest BCUT2D eigenvalue weighted by atomic mass is 16.7. The van der Waals surface area contributed by atoms with Gasteiger partial charge in [0.25, 0.3) is 0 Å². The minimum atomic E-state index is -0.228. The molecule has 5 heteroatoms. The lowest BCUT2D eigenvalue weighted by Crippen LogP contribution is -2.70. The zero-order valence-corrected chi connectivity index (χ0v) is 16.2. The van der Waals surface area contributed by atoms with Gasteiger partial charge in [0.15, 0.2) is 0 Å². The molecular formula is C21H29BNO3+. The first-order valence-electron chi connectivity index (χ1n) is 9.92. The summed E-state index contributed by atoms with van der Waals surface area (Å²) in [7, 11) is -0.228. The third kappa shape index (κ3) is 2.14. The first-order chi connectivity index (χ1) is 12.3. The van der Waals surface area contributed by atoms with E-state index in [1.807, 2.05) is 18.4 Å². The van der Waals surface area contributed by atoms with Gasteiger partial charge in [-0.15, -0.1) is 0 Å². The average Bonchev–Trinajstić information content (AvgIpc) is 3.15. The van der Waals surface area contributed by atoms with Gasteiger partial charge < -0.3 is 19.5 Å². The maximum Gasteiger partial charge on any atom is 0.521 e. The largest absolute Gasteiger partial charge is 0.521 e. The Labute approximate surface area is 155 Å². The van der Waals surface area contributed by atoms with Crippen LogP contribution in [0.1, 0.15) is 44.7 Å². The van der Waals surface area contributed by atoms with Gasteiger partial charge >= 0.3 is 7.12 Å². The molecule has 1 aliphatic heterocycles. The monoisotopic (exact) mass is 354 g/mol. The maximum absolute atomic E-state index is 6.58. The van der Waals surface area contributed by atoms with Gasteiger partial charge in [0.05, 0.1) is 18.0 Å². The molecule has 2 heterocycles. The van der Waals surface area contributed by atoms with Crippen LogP contribution in [0.3, 0.4) is 0 Å². The molecule has 2 aromatic rings. The predicted molar refractivity (Wildman–Crippen MR) is 101 cm³/mol. The van der Waals surface area contributed by atoms with E-state index < -0.39 is 0 Å². The molecule has 4 aliphatic rings. The summed E-state index contributed by atoms with van der Waals surface area (Å²) >= 11 is 0. The minimum absolute atomic E-state index is 0.0538. The fraction of sp³-hybridized carbons (Fsp3) is 0.619. The highest BCUT2D eigenvalue weighted by Crippen LogP contribution is 2.65. The van der Waals surface area contributed by atoms with Crippen LogP contribution in [-0.2, 0) is 15.7 Å². The van der Waals surface area contributed by atoms with Crippen LogP contribution in [-0.4, -0.2) is 24.8 Å². The number of hydrogen-bond donors (Lipinski definition) is 1. The molecule has 1 saturated heterocycles. The standard InChI is InChI=1S/C21H28BNO3/c1-12-6-5-7-15-19(12)13(11-24-15)8-18(23)22-25-17-10-14-9-16(20(14,2)3)21(17,4)26-22/h5-7,11,14,16-18H,8-10,23H2,1-4H3/p+1/t14-,16?,17+,18-,21-/m0/s1. The van der Waals surface area contributed by atoms with Gasteiger partial charge in [-0.25, -0.2) is 0 Å². The Morgan fingerprint density at radius 3 is 2.85 bits per heavy atom. The van der Waals surface area contributed by atoms with E-state index in [9.17, 15) is 0 Å². The second-order valence-electron chi connectivity index (χ2n) is 9.51. The topological polar surface area (TPSA) is 59.2 Å². The number of quaternary nitrogens is 1. The summed E-state index contributed by atoms with van der Waals surface area (Å²) < 4.78 is 18.7. The Hall–Kier alpha value is -1.30. The molecule has 6 rings (SSSR count). The molecule has 1 unspecified atom stereocenters. The Balaban J connectivity index is 1.37. The average molecular weight is 354 g/mol. The normalized spacial score (nSPS) is 36.0. The smallest absolute Gasteiger partial charge is 0.464 e. The van der Waals surface area contributed by atoms with E-state index in [0.717, 1.165) is 24.3 Å². The van der Waals surface area contributed by atoms with Gasteiger partial charge in [-0.1, -0.05) is 26.0 Å². The van der Waals surface area contributed by atoms with Crippen molar-refractivity contribution in [2.75, 3.05) is 0 Å². The molecule has 5 atom stereocenters. The van der Waals surface area contributed by atoms with Crippen LogP contribution < -0.4 is 5.73 Å². The van der Waals surface area contributed by atoms with Gasteiger partial charge in [0.1, 0.15) is 11.5 Å². The molecule has 2 bridgehead atoms. The number of rotatable bonds is 3. The van der Waals surface area contributed by atoms with E-state index in [1.54, 1.807) is 0 Å². The van der Waals surface area contributed by atoms with Crippen molar-refractivity contribution in [2.45, 2.75) is 64.6 Å². The Morgan fingerprint density at radius 2 is 2.08 bits per heavy atom. The van der Waals surface area contributed by atoms with E-state index in [0.29, 0.717) is 11.3 Å². The quantitative estimate of drug-likeness (QED) is 0.862. The highest BCUT2D eigenvalue weighted by molar-refractivity contribution is 6.46. The van der Waals surface area contributed by atoms with Crippen LogP contribution in [0.25, 0.3) is 11.0 Å². The van der Waals surface area contributed by atoms with Gasteiger partial charge in [0.2, 0.25) is 0 Å². The molecule has 3 aliphatic carbocycles. The number of hydrogen-bond acceptors (Lipinski definition) is 3. The molecule has 0 amide bonds. The zero-order chi connectivity index (χ0) is 18.3. The number of aryl methyl sites for hydroxylation is 1. The molecular weight excluding hydrogens is 325 g/mol. The molecule has 0 radical (unpaired) electrons. The first-order valence-corrected chi connectivity index (χ1v) is 9.92. The molecule has 138 valence electrons. The maximum atomic E-state index is 6.58. The summed E-state index contributed by atoms with van der Waals surface area (Å²) in [5.41, 5.74) is 8.01. The Kier molecular flexibility index (Phi) is 3.48. The number of furan rings is 1. The lowest BCUT2D eigenvalue weighted by Gasteiger charge is -2.64. The summed E-state index contributed by atoms with van der Waals surface area (Å²) in [6.07, 6.45) is 5.30. The second kappa shape index (κ2) is 5.37. The molecule has 0 spiro atoms. The van der Waals surface area contributed by atoms with Crippen LogP contribution >= 0.6 is 0 Å². The molecule has 4 fully saturated rings. The first kappa shape index (κ1) is 16.8.